The molecule has 0 saturated carbocycles. The predicted molar refractivity (Wildman–Crippen MR) is 76.5 cm³/mol. The van der Waals surface area contributed by atoms with Crippen molar-refractivity contribution in [1.29, 1.82) is 0 Å². The lowest BCUT2D eigenvalue weighted by atomic mass is 10.0. The summed E-state index contributed by atoms with van der Waals surface area (Å²) in [5.41, 5.74) is 2.70. The summed E-state index contributed by atoms with van der Waals surface area (Å²) in [4.78, 5) is 4.18. The van der Waals surface area contributed by atoms with E-state index in [9.17, 15) is 0 Å². The van der Waals surface area contributed by atoms with Gasteiger partial charge in [0, 0.05) is 13.6 Å². The maximum atomic E-state index is 4.23. The van der Waals surface area contributed by atoms with Gasteiger partial charge >= 0.3 is 0 Å². The van der Waals surface area contributed by atoms with Gasteiger partial charge in [0.2, 0.25) is 0 Å². The van der Waals surface area contributed by atoms with Crippen LogP contribution in [0.1, 0.15) is 30.8 Å². The van der Waals surface area contributed by atoms with Gasteiger partial charge in [0.15, 0.2) is 5.82 Å². The fourth-order valence-electron chi connectivity index (χ4n) is 2.05. The van der Waals surface area contributed by atoms with Crippen molar-refractivity contribution in [2.45, 2.75) is 33.4 Å². The fraction of sp³-hybridized carbons (Fsp3) is 0.467. The molecule has 1 aromatic carbocycles. The average molecular weight is 258 g/mol. The van der Waals surface area contributed by atoms with E-state index >= 15 is 0 Å². The van der Waals surface area contributed by atoms with Crippen LogP contribution in [0, 0.1) is 5.92 Å². The van der Waals surface area contributed by atoms with Crippen molar-refractivity contribution >= 4 is 0 Å². The highest BCUT2D eigenvalue weighted by molar-refractivity contribution is 5.22. The quantitative estimate of drug-likeness (QED) is 0.864. The first kappa shape index (κ1) is 13.7. The number of nitrogens with one attached hydrogen (secondary N) is 1. The van der Waals surface area contributed by atoms with Crippen LogP contribution < -0.4 is 5.32 Å². The molecule has 0 spiro atoms. The summed E-state index contributed by atoms with van der Waals surface area (Å²) in [6, 6.07) is 8.82. The largest absolute Gasteiger partial charge is 0.306 e. The number of hydrogen-bond acceptors (Lipinski definition) is 3. The Balaban J connectivity index is 1.79. The Morgan fingerprint density at radius 1 is 1.11 bits per heavy atom. The number of rotatable bonds is 6. The summed E-state index contributed by atoms with van der Waals surface area (Å²) < 4.78 is 1.72. The van der Waals surface area contributed by atoms with Gasteiger partial charge in [0.05, 0.1) is 6.54 Å². The second-order valence-electron chi connectivity index (χ2n) is 5.35. The first-order valence-electron chi connectivity index (χ1n) is 6.76. The van der Waals surface area contributed by atoms with Crippen molar-refractivity contribution in [2.75, 3.05) is 0 Å². The van der Waals surface area contributed by atoms with E-state index in [0.717, 1.165) is 18.8 Å². The van der Waals surface area contributed by atoms with Gasteiger partial charge in [-0.3, -0.25) is 4.68 Å². The Kier molecular flexibility index (Phi) is 4.68. The lowest BCUT2D eigenvalue weighted by Crippen LogP contribution is -2.14. The summed E-state index contributed by atoms with van der Waals surface area (Å²) in [5.74, 6) is 1.54. The third-order valence-electron chi connectivity index (χ3n) is 2.93. The van der Waals surface area contributed by atoms with Crippen molar-refractivity contribution in [2.24, 2.45) is 13.0 Å². The molecule has 0 fully saturated rings. The zero-order valence-electron chi connectivity index (χ0n) is 11.9. The van der Waals surface area contributed by atoms with Crippen LogP contribution in [0.2, 0.25) is 0 Å². The summed E-state index contributed by atoms with van der Waals surface area (Å²) in [5, 5.41) is 7.58. The van der Waals surface area contributed by atoms with E-state index in [1.165, 1.54) is 11.1 Å². The van der Waals surface area contributed by atoms with Crippen molar-refractivity contribution in [3.8, 4) is 0 Å². The second-order valence-corrected chi connectivity index (χ2v) is 5.35. The fourth-order valence-corrected chi connectivity index (χ4v) is 2.05. The number of hydrogen-bond donors (Lipinski definition) is 1. The molecule has 0 aliphatic carbocycles. The van der Waals surface area contributed by atoms with Gasteiger partial charge in [0.1, 0.15) is 6.33 Å². The molecular formula is C15H22N4. The Morgan fingerprint density at radius 2 is 1.79 bits per heavy atom. The van der Waals surface area contributed by atoms with Gasteiger partial charge in [0.25, 0.3) is 0 Å². The molecule has 4 heteroatoms. The highest BCUT2D eigenvalue weighted by Gasteiger charge is 2.00. The van der Waals surface area contributed by atoms with E-state index in [1.807, 2.05) is 7.05 Å². The van der Waals surface area contributed by atoms with E-state index in [-0.39, 0.29) is 0 Å². The van der Waals surface area contributed by atoms with E-state index in [4.69, 9.17) is 0 Å². The van der Waals surface area contributed by atoms with Crippen molar-refractivity contribution in [3.63, 3.8) is 0 Å². The first-order valence-corrected chi connectivity index (χ1v) is 6.76. The highest BCUT2D eigenvalue weighted by Crippen LogP contribution is 2.09. The van der Waals surface area contributed by atoms with Crippen LogP contribution >= 0.6 is 0 Å². The van der Waals surface area contributed by atoms with Crippen LogP contribution in [-0.4, -0.2) is 14.8 Å². The predicted octanol–water partition coefficient (Wildman–Crippen LogP) is 2.30. The minimum atomic E-state index is 0.703. The molecule has 0 unspecified atom stereocenters. The number of nitrogens with zero attached hydrogens (tertiary/aromatic N) is 3. The van der Waals surface area contributed by atoms with Gasteiger partial charge in [-0.1, -0.05) is 38.1 Å². The zero-order chi connectivity index (χ0) is 13.7. The molecule has 102 valence electrons. The van der Waals surface area contributed by atoms with Crippen molar-refractivity contribution in [3.05, 3.63) is 47.5 Å². The van der Waals surface area contributed by atoms with Gasteiger partial charge in [-0.15, -0.1) is 0 Å². The van der Waals surface area contributed by atoms with Gasteiger partial charge in [-0.25, -0.2) is 4.98 Å². The molecule has 2 aromatic rings. The van der Waals surface area contributed by atoms with Crippen LogP contribution in [0.4, 0.5) is 0 Å². The summed E-state index contributed by atoms with van der Waals surface area (Å²) >= 11 is 0. The molecule has 0 aliphatic heterocycles. The minimum absolute atomic E-state index is 0.703. The maximum Gasteiger partial charge on any atom is 0.164 e. The van der Waals surface area contributed by atoms with E-state index in [1.54, 1.807) is 11.0 Å². The Morgan fingerprint density at radius 3 is 2.37 bits per heavy atom. The molecule has 0 atom stereocenters. The lowest BCUT2D eigenvalue weighted by Gasteiger charge is -2.07. The summed E-state index contributed by atoms with van der Waals surface area (Å²) in [6.45, 7) is 6.04. The molecule has 0 aliphatic rings. The number of benzene rings is 1. The Bertz CT molecular complexity index is 499. The van der Waals surface area contributed by atoms with Crippen LogP contribution in [-0.2, 0) is 26.6 Å². The zero-order valence-corrected chi connectivity index (χ0v) is 11.9. The van der Waals surface area contributed by atoms with E-state index in [0.29, 0.717) is 12.5 Å². The number of aromatic nitrogens is 3. The molecule has 0 amide bonds. The maximum absolute atomic E-state index is 4.23. The second kappa shape index (κ2) is 6.48. The van der Waals surface area contributed by atoms with Gasteiger partial charge in [-0.2, -0.15) is 5.10 Å². The molecule has 0 bridgehead atoms. The topological polar surface area (TPSA) is 42.7 Å². The normalized spacial score (nSPS) is 11.2. The van der Waals surface area contributed by atoms with Crippen molar-refractivity contribution < 1.29 is 0 Å². The average Bonchev–Trinajstić information content (AvgIpc) is 2.77. The molecule has 1 heterocycles. The SMILES string of the molecule is CC(C)Cc1ccc(CNCc2ncn(C)n2)cc1. The third-order valence-corrected chi connectivity index (χ3v) is 2.93. The van der Waals surface area contributed by atoms with Crippen LogP contribution in [0.3, 0.4) is 0 Å². The molecule has 2 rings (SSSR count). The molecule has 1 N–H and O–H groups in total. The van der Waals surface area contributed by atoms with Crippen molar-refractivity contribution in [1.82, 2.24) is 20.1 Å². The van der Waals surface area contributed by atoms with E-state index in [2.05, 4.69) is 53.5 Å². The van der Waals surface area contributed by atoms with Gasteiger partial charge < -0.3 is 5.32 Å². The number of aryl methyl sites for hydroxylation is 1. The minimum Gasteiger partial charge on any atom is -0.306 e. The highest BCUT2D eigenvalue weighted by atomic mass is 15.3. The first-order chi connectivity index (χ1) is 9.13. The van der Waals surface area contributed by atoms with E-state index < -0.39 is 0 Å². The van der Waals surface area contributed by atoms with Crippen LogP contribution in [0.5, 0.6) is 0 Å². The molecule has 19 heavy (non-hydrogen) atoms. The summed E-state index contributed by atoms with van der Waals surface area (Å²) in [7, 11) is 1.88. The third kappa shape index (κ3) is 4.48. The molecule has 4 nitrogen and oxygen atoms in total. The lowest BCUT2D eigenvalue weighted by molar-refractivity contribution is 0.642. The van der Waals surface area contributed by atoms with Crippen LogP contribution in [0.15, 0.2) is 30.6 Å². The molecule has 1 aromatic heterocycles. The Labute approximate surface area is 114 Å². The standard InChI is InChI=1S/C15H22N4/c1-12(2)8-13-4-6-14(7-5-13)9-16-10-15-17-11-19(3)18-15/h4-7,11-12,16H,8-10H2,1-3H3. The molecule has 0 radical (unpaired) electrons. The van der Waals surface area contributed by atoms with Gasteiger partial charge in [-0.05, 0) is 23.5 Å². The smallest absolute Gasteiger partial charge is 0.164 e. The molecular weight excluding hydrogens is 236 g/mol. The summed E-state index contributed by atoms with van der Waals surface area (Å²) in [6.07, 6.45) is 2.86. The molecule has 0 saturated heterocycles. The monoisotopic (exact) mass is 258 g/mol. The Hall–Kier alpha value is -1.68. The van der Waals surface area contributed by atoms with Crippen LogP contribution in [0.25, 0.3) is 0 Å².